The predicted molar refractivity (Wildman–Crippen MR) is 78.1 cm³/mol. The topological polar surface area (TPSA) is 12.0 Å². The molecule has 0 fully saturated rings. The summed E-state index contributed by atoms with van der Waals surface area (Å²) in [5, 5.41) is 4.61. The van der Waals surface area contributed by atoms with Gasteiger partial charge < -0.3 is 5.32 Å². The summed E-state index contributed by atoms with van der Waals surface area (Å²) in [5.41, 5.74) is 1.34. The van der Waals surface area contributed by atoms with Crippen LogP contribution < -0.4 is 5.32 Å². The summed E-state index contributed by atoms with van der Waals surface area (Å²) in [6.07, 6.45) is 5.24. The van der Waals surface area contributed by atoms with Crippen LogP contribution in [0.2, 0.25) is 0 Å². The summed E-state index contributed by atoms with van der Waals surface area (Å²) in [6.45, 7) is 2.09. The first kappa shape index (κ1) is 14.2. The molecule has 0 radical (unpaired) electrons. The normalized spacial score (nSPS) is 10.6. The molecule has 0 aromatic heterocycles. The van der Waals surface area contributed by atoms with Crippen LogP contribution in [0.25, 0.3) is 0 Å². The molecule has 0 heterocycles. The van der Waals surface area contributed by atoms with Crippen molar-refractivity contribution in [2.45, 2.75) is 32.2 Å². The van der Waals surface area contributed by atoms with Crippen LogP contribution >= 0.6 is 31.9 Å². The Bertz CT molecular complexity index is 289. The standard InChI is InChI=1S/C13H19Br2N/c14-8-3-1-2-4-9-16-11-12-6-5-7-13(15)10-12/h5-7,10,16H,1-4,8-9,11H2. The largest absolute Gasteiger partial charge is 0.313 e. The molecule has 0 aliphatic rings. The molecule has 0 amide bonds. The molecule has 3 heteroatoms. The Hall–Kier alpha value is 0.140. The van der Waals surface area contributed by atoms with E-state index >= 15 is 0 Å². The fourth-order valence-electron chi connectivity index (χ4n) is 1.58. The van der Waals surface area contributed by atoms with Crippen molar-refractivity contribution in [2.75, 3.05) is 11.9 Å². The minimum absolute atomic E-state index is 0.970. The monoisotopic (exact) mass is 347 g/mol. The number of rotatable bonds is 8. The van der Waals surface area contributed by atoms with E-state index in [9.17, 15) is 0 Å². The molecule has 90 valence electrons. The van der Waals surface area contributed by atoms with E-state index < -0.39 is 0 Å². The van der Waals surface area contributed by atoms with Crippen molar-refractivity contribution in [1.29, 1.82) is 0 Å². The van der Waals surface area contributed by atoms with E-state index in [-0.39, 0.29) is 0 Å². The van der Waals surface area contributed by atoms with Gasteiger partial charge in [0.1, 0.15) is 0 Å². The molecular formula is C13H19Br2N. The van der Waals surface area contributed by atoms with Crippen LogP contribution in [0, 0.1) is 0 Å². The van der Waals surface area contributed by atoms with E-state index in [1.807, 2.05) is 0 Å². The van der Waals surface area contributed by atoms with Gasteiger partial charge >= 0.3 is 0 Å². The lowest BCUT2D eigenvalue weighted by Gasteiger charge is -2.05. The third-order valence-corrected chi connectivity index (χ3v) is 3.51. The highest BCUT2D eigenvalue weighted by Crippen LogP contribution is 2.11. The molecule has 0 aliphatic carbocycles. The van der Waals surface area contributed by atoms with Gasteiger partial charge in [0.25, 0.3) is 0 Å². The molecule has 1 aromatic carbocycles. The summed E-state index contributed by atoms with van der Waals surface area (Å²) in [4.78, 5) is 0. The van der Waals surface area contributed by atoms with Crippen LogP contribution in [0.4, 0.5) is 0 Å². The molecule has 0 unspecified atom stereocenters. The van der Waals surface area contributed by atoms with Crippen LogP contribution in [0.5, 0.6) is 0 Å². The molecule has 1 nitrogen and oxygen atoms in total. The zero-order valence-electron chi connectivity index (χ0n) is 9.52. The minimum atomic E-state index is 0.970. The Kier molecular flexibility index (Phi) is 8.17. The Morgan fingerprint density at radius 1 is 1.06 bits per heavy atom. The number of halogens is 2. The SMILES string of the molecule is BrCCCCCCNCc1cccc(Br)c1. The highest BCUT2D eigenvalue weighted by Gasteiger charge is 1.93. The van der Waals surface area contributed by atoms with Crippen molar-refractivity contribution in [3.63, 3.8) is 0 Å². The zero-order valence-corrected chi connectivity index (χ0v) is 12.7. The molecule has 0 atom stereocenters. The Morgan fingerprint density at radius 3 is 2.62 bits per heavy atom. The highest BCUT2D eigenvalue weighted by atomic mass is 79.9. The second-order valence-electron chi connectivity index (χ2n) is 3.91. The molecule has 1 rings (SSSR count). The third kappa shape index (κ3) is 6.66. The van der Waals surface area contributed by atoms with Crippen molar-refractivity contribution in [1.82, 2.24) is 5.32 Å². The van der Waals surface area contributed by atoms with Crippen molar-refractivity contribution in [2.24, 2.45) is 0 Å². The first-order chi connectivity index (χ1) is 7.83. The minimum Gasteiger partial charge on any atom is -0.313 e. The van der Waals surface area contributed by atoms with Crippen LogP contribution in [-0.2, 0) is 6.54 Å². The maximum absolute atomic E-state index is 3.48. The molecule has 0 aliphatic heterocycles. The van der Waals surface area contributed by atoms with E-state index in [4.69, 9.17) is 0 Å². The van der Waals surface area contributed by atoms with Gasteiger partial charge in [0.15, 0.2) is 0 Å². The van der Waals surface area contributed by atoms with E-state index in [2.05, 4.69) is 61.4 Å². The van der Waals surface area contributed by atoms with Gasteiger partial charge in [-0.25, -0.2) is 0 Å². The Balaban J connectivity index is 2.03. The smallest absolute Gasteiger partial charge is 0.0205 e. The van der Waals surface area contributed by atoms with Crippen molar-refractivity contribution < 1.29 is 0 Å². The summed E-state index contributed by atoms with van der Waals surface area (Å²) in [6, 6.07) is 8.46. The van der Waals surface area contributed by atoms with E-state index in [1.165, 1.54) is 31.2 Å². The Morgan fingerprint density at radius 2 is 1.88 bits per heavy atom. The first-order valence-corrected chi connectivity index (χ1v) is 7.75. The van der Waals surface area contributed by atoms with E-state index in [0.717, 1.165) is 22.9 Å². The van der Waals surface area contributed by atoms with Gasteiger partial charge in [0.05, 0.1) is 0 Å². The average Bonchev–Trinajstić information content (AvgIpc) is 2.28. The number of hydrogen-bond donors (Lipinski definition) is 1. The molecule has 0 spiro atoms. The van der Waals surface area contributed by atoms with Crippen LogP contribution in [0.15, 0.2) is 28.7 Å². The molecule has 16 heavy (non-hydrogen) atoms. The van der Waals surface area contributed by atoms with E-state index in [1.54, 1.807) is 0 Å². The third-order valence-electron chi connectivity index (χ3n) is 2.46. The fourth-order valence-corrected chi connectivity index (χ4v) is 2.42. The number of nitrogens with one attached hydrogen (secondary N) is 1. The predicted octanol–water partition coefficient (Wildman–Crippen LogP) is 4.49. The zero-order chi connectivity index (χ0) is 11.6. The van der Waals surface area contributed by atoms with Gasteiger partial charge in [-0.2, -0.15) is 0 Å². The van der Waals surface area contributed by atoms with Crippen LogP contribution in [0.3, 0.4) is 0 Å². The molecular weight excluding hydrogens is 330 g/mol. The quantitative estimate of drug-likeness (QED) is 0.539. The Labute approximate surface area is 115 Å². The number of benzene rings is 1. The highest BCUT2D eigenvalue weighted by molar-refractivity contribution is 9.10. The second kappa shape index (κ2) is 9.20. The number of hydrogen-bond acceptors (Lipinski definition) is 1. The van der Waals surface area contributed by atoms with Crippen molar-refractivity contribution in [3.8, 4) is 0 Å². The molecule has 0 bridgehead atoms. The molecule has 1 N–H and O–H groups in total. The summed E-state index contributed by atoms with van der Waals surface area (Å²) in [7, 11) is 0. The first-order valence-electron chi connectivity index (χ1n) is 5.84. The van der Waals surface area contributed by atoms with Gasteiger partial charge in [-0.15, -0.1) is 0 Å². The number of unbranched alkanes of at least 4 members (excludes halogenated alkanes) is 3. The van der Waals surface area contributed by atoms with Gasteiger partial charge in [0, 0.05) is 16.3 Å². The summed E-state index contributed by atoms with van der Waals surface area (Å²) >= 11 is 6.93. The lowest BCUT2D eigenvalue weighted by Crippen LogP contribution is -2.14. The molecule has 0 saturated carbocycles. The fraction of sp³-hybridized carbons (Fsp3) is 0.538. The maximum Gasteiger partial charge on any atom is 0.0205 e. The van der Waals surface area contributed by atoms with Crippen LogP contribution in [0.1, 0.15) is 31.2 Å². The van der Waals surface area contributed by atoms with Gasteiger partial charge in [-0.3, -0.25) is 0 Å². The summed E-state index contributed by atoms with van der Waals surface area (Å²) < 4.78 is 1.16. The lowest BCUT2D eigenvalue weighted by atomic mass is 10.2. The average molecular weight is 349 g/mol. The number of alkyl halides is 1. The summed E-state index contributed by atoms with van der Waals surface area (Å²) in [5.74, 6) is 0. The van der Waals surface area contributed by atoms with E-state index in [0.29, 0.717) is 0 Å². The second-order valence-corrected chi connectivity index (χ2v) is 5.62. The lowest BCUT2D eigenvalue weighted by molar-refractivity contribution is 0.600. The van der Waals surface area contributed by atoms with Gasteiger partial charge in [-0.1, -0.05) is 56.8 Å². The molecule has 1 aromatic rings. The van der Waals surface area contributed by atoms with Crippen LogP contribution in [-0.4, -0.2) is 11.9 Å². The maximum atomic E-state index is 3.48. The van der Waals surface area contributed by atoms with Gasteiger partial charge in [-0.05, 0) is 37.1 Å². The van der Waals surface area contributed by atoms with Crippen molar-refractivity contribution >= 4 is 31.9 Å². The molecule has 0 saturated heterocycles. The van der Waals surface area contributed by atoms with Gasteiger partial charge in [0.2, 0.25) is 0 Å². The van der Waals surface area contributed by atoms with Crippen molar-refractivity contribution in [3.05, 3.63) is 34.3 Å².